The second-order valence-electron chi connectivity index (χ2n) is 3.09. The summed E-state index contributed by atoms with van der Waals surface area (Å²) in [7, 11) is -0.615. The highest BCUT2D eigenvalue weighted by atomic mass is 79.9. The summed E-state index contributed by atoms with van der Waals surface area (Å²) in [6.07, 6.45) is 6.40. The summed E-state index contributed by atoms with van der Waals surface area (Å²) in [5.74, 6) is 1.81. The van der Waals surface area contributed by atoms with Gasteiger partial charge in [0.25, 0.3) is 0 Å². The van der Waals surface area contributed by atoms with Crippen LogP contribution in [-0.2, 0) is 0 Å². The molecule has 1 nitrogen and oxygen atoms in total. The van der Waals surface area contributed by atoms with Gasteiger partial charge in [-0.15, -0.1) is 0 Å². The predicted molar refractivity (Wildman–Crippen MR) is 70.0 cm³/mol. The molecule has 0 radical (unpaired) electrons. The third kappa shape index (κ3) is 6.88. The Bertz CT molecular complexity index is 86.7. The molecule has 3 heteroatoms. The Morgan fingerprint density at radius 2 is 1.38 bits per heavy atom. The fraction of sp³-hybridized carbons (Fsp3) is 1.00. The van der Waals surface area contributed by atoms with Crippen LogP contribution in [0.5, 0.6) is 0 Å². The summed E-state index contributed by atoms with van der Waals surface area (Å²) in [5.41, 5.74) is 0. The molecule has 0 aliphatic rings. The molecule has 0 fully saturated rings. The van der Waals surface area contributed by atoms with E-state index in [0.717, 1.165) is 6.42 Å². The van der Waals surface area contributed by atoms with Gasteiger partial charge in [0.1, 0.15) is 0 Å². The van der Waals surface area contributed by atoms with Gasteiger partial charge in [0, 0.05) is 20.3 Å². The fourth-order valence-electron chi connectivity index (χ4n) is 1.55. The van der Waals surface area contributed by atoms with Crippen molar-refractivity contribution < 1.29 is 5.11 Å². The first-order chi connectivity index (χ1) is 6.24. The van der Waals surface area contributed by atoms with Crippen LogP contribution in [0.4, 0.5) is 0 Å². The van der Waals surface area contributed by atoms with E-state index in [1.165, 1.54) is 24.6 Å². The second-order valence-corrected chi connectivity index (χ2v) is 8.12. The van der Waals surface area contributed by atoms with Gasteiger partial charge < -0.3 is 5.11 Å². The molecule has 0 aromatic rings. The van der Waals surface area contributed by atoms with Crippen molar-refractivity contribution in [2.45, 2.75) is 27.2 Å². The van der Waals surface area contributed by atoms with Crippen LogP contribution in [0.15, 0.2) is 0 Å². The van der Waals surface area contributed by atoms with Gasteiger partial charge in [-0.1, -0.05) is 15.9 Å². The number of rotatable bonds is 6. The zero-order valence-corrected chi connectivity index (χ0v) is 12.0. The Hall–Kier alpha value is 0.870. The molecule has 0 saturated heterocycles. The average molecular weight is 272 g/mol. The minimum atomic E-state index is -0.615. The van der Waals surface area contributed by atoms with E-state index >= 15 is 0 Å². The van der Waals surface area contributed by atoms with Crippen LogP contribution in [0.25, 0.3) is 0 Å². The highest BCUT2D eigenvalue weighted by Gasteiger charge is 2.29. The number of halogens is 1. The maximum Gasteiger partial charge on any atom is 0.0615 e. The fourth-order valence-corrected chi connectivity index (χ4v) is 4.65. The number of hydrogen-bond donors (Lipinski definition) is 1. The van der Waals surface area contributed by atoms with Crippen molar-refractivity contribution in [2.75, 3.05) is 37.1 Å². The smallest absolute Gasteiger partial charge is 0.0615 e. The normalized spacial score (nSPS) is 10.6. The molecule has 0 aliphatic heterocycles. The minimum Gasteiger partial charge on any atom is -0.396 e. The molecule has 0 aliphatic carbocycles. The first kappa shape index (κ1) is 16.3. The molecule has 0 spiro atoms. The van der Waals surface area contributed by atoms with Crippen LogP contribution in [0.3, 0.4) is 0 Å². The molecule has 0 rings (SSSR count). The number of aliphatic hydroxyl groups is 1. The number of aliphatic hydroxyl groups excluding tert-OH is 1. The lowest BCUT2D eigenvalue weighted by Crippen LogP contribution is -2.08. The summed E-state index contributed by atoms with van der Waals surface area (Å²) in [6, 6.07) is 0. The predicted octanol–water partition coefficient (Wildman–Crippen LogP) is 3.46. The van der Waals surface area contributed by atoms with E-state index in [-0.39, 0.29) is 0 Å². The largest absolute Gasteiger partial charge is 0.396 e. The first-order valence-corrected chi connectivity index (χ1v) is 9.20. The summed E-state index contributed by atoms with van der Waals surface area (Å²) >= 11 is 2.94. The van der Waals surface area contributed by atoms with Crippen LogP contribution >= 0.6 is 23.2 Å². The standard InChI is InChI=1S/C9H22OP.CH3Br/c1-4-11(5-2,6-3)9-7-8-10;1-2/h10H,4-9H2,1-3H3;1H3/q+1;. The van der Waals surface area contributed by atoms with Gasteiger partial charge in [-0.3, -0.25) is 0 Å². The van der Waals surface area contributed by atoms with E-state index in [4.69, 9.17) is 5.11 Å². The molecule has 0 unspecified atom stereocenters. The van der Waals surface area contributed by atoms with E-state index < -0.39 is 7.26 Å². The van der Waals surface area contributed by atoms with E-state index in [2.05, 4.69) is 36.7 Å². The third-order valence-corrected chi connectivity index (χ3v) is 8.09. The second kappa shape index (κ2) is 10.9. The molecule has 0 bridgehead atoms. The van der Waals surface area contributed by atoms with Gasteiger partial charge >= 0.3 is 0 Å². The average Bonchev–Trinajstić information content (AvgIpc) is 2.24. The van der Waals surface area contributed by atoms with Gasteiger partial charge in [-0.2, -0.15) is 0 Å². The molecule has 82 valence electrons. The molecular formula is C10H25BrOP+. The summed E-state index contributed by atoms with van der Waals surface area (Å²) < 4.78 is 0. The van der Waals surface area contributed by atoms with Crippen LogP contribution in [-0.4, -0.2) is 42.2 Å². The van der Waals surface area contributed by atoms with Crippen LogP contribution in [0.1, 0.15) is 27.2 Å². The third-order valence-electron chi connectivity index (χ3n) is 2.80. The molecule has 0 aromatic carbocycles. The molecule has 0 saturated carbocycles. The molecule has 1 N–H and O–H groups in total. The Labute approximate surface area is 92.8 Å². The summed E-state index contributed by atoms with van der Waals surface area (Å²) in [4.78, 5) is 0. The van der Waals surface area contributed by atoms with Crippen LogP contribution in [0.2, 0.25) is 0 Å². The van der Waals surface area contributed by atoms with E-state index in [1.807, 2.05) is 5.83 Å². The van der Waals surface area contributed by atoms with Crippen molar-refractivity contribution >= 4 is 23.2 Å². The SMILES string of the molecule is CBr.CC[P+](CC)(CC)CCCO. The Morgan fingerprint density at radius 3 is 1.62 bits per heavy atom. The molecule has 0 heterocycles. The maximum absolute atomic E-state index is 8.73. The summed E-state index contributed by atoms with van der Waals surface area (Å²) in [5, 5.41) is 8.73. The van der Waals surface area contributed by atoms with Gasteiger partial charge in [-0.05, 0) is 26.6 Å². The highest BCUT2D eigenvalue weighted by molar-refractivity contribution is 9.08. The Morgan fingerprint density at radius 1 is 1.00 bits per heavy atom. The molecule has 0 aromatic heterocycles. The van der Waals surface area contributed by atoms with Crippen molar-refractivity contribution in [3.8, 4) is 0 Å². The van der Waals surface area contributed by atoms with Gasteiger partial charge in [0.2, 0.25) is 0 Å². The van der Waals surface area contributed by atoms with Crippen LogP contribution < -0.4 is 0 Å². The first-order valence-electron chi connectivity index (χ1n) is 5.08. The maximum atomic E-state index is 8.73. The molecular weight excluding hydrogens is 247 g/mol. The quantitative estimate of drug-likeness (QED) is 0.580. The lowest BCUT2D eigenvalue weighted by atomic mass is 10.5. The lowest BCUT2D eigenvalue weighted by Gasteiger charge is -2.22. The van der Waals surface area contributed by atoms with Crippen LogP contribution in [0, 0.1) is 0 Å². The minimum absolute atomic E-state index is 0.377. The molecule has 0 atom stereocenters. The van der Waals surface area contributed by atoms with Gasteiger partial charge in [0.05, 0.1) is 24.6 Å². The van der Waals surface area contributed by atoms with E-state index in [9.17, 15) is 0 Å². The van der Waals surface area contributed by atoms with Crippen molar-refractivity contribution in [3.05, 3.63) is 0 Å². The monoisotopic (exact) mass is 271 g/mol. The molecule has 13 heavy (non-hydrogen) atoms. The topological polar surface area (TPSA) is 20.2 Å². The highest BCUT2D eigenvalue weighted by Crippen LogP contribution is 2.57. The lowest BCUT2D eigenvalue weighted by molar-refractivity contribution is 0.295. The van der Waals surface area contributed by atoms with E-state index in [0.29, 0.717) is 6.61 Å². The van der Waals surface area contributed by atoms with Gasteiger partial charge in [0.15, 0.2) is 0 Å². The molecule has 0 amide bonds. The number of alkyl halides is 1. The van der Waals surface area contributed by atoms with Gasteiger partial charge in [-0.25, -0.2) is 0 Å². The van der Waals surface area contributed by atoms with Crippen molar-refractivity contribution in [1.82, 2.24) is 0 Å². The van der Waals surface area contributed by atoms with E-state index in [1.54, 1.807) is 0 Å². The Kier molecular flexibility index (Phi) is 13.7. The van der Waals surface area contributed by atoms with Crippen molar-refractivity contribution in [1.29, 1.82) is 0 Å². The van der Waals surface area contributed by atoms with Crippen molar-refractivity contribution in [2.24, 2.45) is 0 Å². The summed E-state index contributed by atoms with van der Waals surface area (Å²) in [6.45, 7) is 7.29. The zero-order chi connectivity index (χ0) is 10.7. The van der Waals surface area contributed by atoms with Crippen molar-refractivity contribution in [3.63, 3.8) is 0 Å². The zero-order valence-electron chi connectivity index (χ0n) is 9.52. The number of hydrogen-bond acceptors (Lipinski definition) is 1. The Balaban J connectivity index is 0.